The highest BCUT2D eigenvalue weighted by molar-refractivity contribution is 7.80. The van der Waals surface area contributed by atoms with E-state index in [1.165, 1.54) is 24.3 Å². The minimum absolute atomic E-state index is 0.0133. The van der Waals surface area contributed by atoms with Crippen molar-refractivity contribution in [3.8, 4) is 23.0 Å². The van der Waals surface area contributed by atoms with E-state index in [9.17, 15) is 15.0 Å². The van der Waals surface area contributed by atoms with Crippen LogP contribution >= 0.6 is 12.2 Å². The third kappa shape index (κ3) is 18.9. The molecule has 1 spiro atoms. The molecular formula is C47H67N3O17S. The number of hydrogen-bond acceptors (Lipinski definition) is 19. The first kappa shape index (κ1) is 54.6. The maximum absolute atomic E-state index is 13.4. The van der Waals surface area contributed by atoms with E-state index in [0.29, 0.717) is 216 Å². The van der Waals surface area contributed by atoms with Crippen LogP contribution in [0.25, 0.3) is 0 Å². The molecule has 2 aliphatic heterocycles. The van der Waals surface area contributed by atoms with Gasteiger partial charge in [-0.15, -0.1) is 0 Å². The number of ether oxygens (including phenoxy) is 14. The van der Waals surface area contributed by atoms with E-state index in [-0.39, 0.29) is 11.5 Å². The van der Waals surface area contributed by atoms with Crippen LogP contribution in [0.2, 0.25) is 0 Å². The minimum atomic E-state index is -1.34. The number of aromatic hydroxyl groups is 2. The first-order valence-electron chi connectivity index (χ1n) is 22.8. The standard InChI is InChI=1S/C47H67N3O17S/c48-7-9-54-11-13-56-15-17-58-19-21-60-23-25-62-27-29-64-31-32-65-30-28-63-26-24-61-22-20-59-18-16-57-14-12-55-10-8-49-46(68)50-36-1-4-40-39(33-36)45(53)67-47(40)41-5-2-37(51)34-43(41)66-44-35-38(52)3-6-42(44)47/h1-6,33-35,51-52H,7-32,48H2,(H2,49,50,68). The molecule has 0 saturated heterocycles. The quantitative estimate of drug-likeness (QED) is 0.0314. The number of thiocarbonyl (C=S) groups is 1. The van der Waals surface area contributed by atoms with Crippen molar-refractivity contribution in [1.82, 2.24) is 5.32 Å². The summed E-state index contributed by atoms with van der Waals surface area (Å²) in [7, 11) is 0. The van der Waals surface area contributed by atoms with Crippen LogP contribution in [0.15, 0.2) is 54.6 Å². The highest BCUT2D eigenvalue weighted by Gasteiger charge is 2.53. The smallest absolute Gasteiger partial charge is 0.340 e. The van der Waals surface area contributed by atoms with Gasteiger partial charge >= 0.3 is 5.97 Å². The number of nitrogens with one attached hydrogen (secondary N) is 2. The maximum Gasteiger partial charge on any atom is 0.340 e. The zero-order chi connectivity index (χ0) is 47.9. The van der Waals surface area contributed by atoms with Crippen molar-refractivity contribution in [2.24, 2.45) is 5.73 Å². The first-order valence-corrected chi connectivity index (χ1v) is 23.2. The lowest BCUT2D eigenvalue weighted by atomic mass is 9.77. The van der Waals surface area contributed by atoms with Crippen LogP contribution in [0.4, 0.5) is 5.69 Å². The van der Waals surface area contributed by atoms with Gasteiger partial charge < -0.3 is 92.9 Å². The van der Waals surface area contributed by atoms with Gasteiger partial charge in [0.1, 0.15) is 23.0 Å². The fraction of sp³-hybridized carbons (Fsp3) is 0.574. The van der Waals surface area contributed by atoms with Gasteiger partial charge in [0.05, 0.1) is 164 Å². The fourth-order valence-corrected chi connectivity index (χ4v) is 7.02. The van der Waals surface area contributed by atoms with Crippen molar-refractivity contribution >= 4 is 29.0 Å². The molecule has 3 aromatic rings. The van der Waals surface area contributed by atoms with Crippen LogP contribution in [0, 0.1) is 0 Å². The number of phenols is 2. The summed E-state index contributed by atoms with van der Waals surface area (Å²) < 4.78 is 77.9. The van der Waals surface area contributed by atoms with Crippen molar-refractivity contribution in [3.05, 3.63) is 76.9 Å². The Balaban J connectivity index is 0.754. The molecule has 3 aromatic carbocycles. The van der Waals surface area contributed by atoms with Gasteiger partial charge in [0.15, 0.2) is 10.7 Å². The summed E-state index contributed by atoms with van der Waals surface area (Å²) >= 11 is 5.47. The monoisotopic (exact) mass is 977 g/mol. The van der Waals surface area contributed by atoms with E-state index >= 15 is 0 Å². The third-order valence-electron chi connectivity index (χ3n) is 9.92. The Morgan fingerprint density at radius 2 is 0.853 bits per heavy atom. The average molecular weight is 978 g/mol. The number of hydrogen-bond donors (Lipinski definition) is 5. The van der Waals surface area contributed by atoms with E-state index in [2.05, 4.69) is 10.6 Å². The maximum atomic E-state index is 13.4. The number of carbonyl (C=O) groups excluding carboxylic acids is 1. The Kier molecular flexibility index (Phi) is 26.1. The molecule has 0 bridgehead atoms. The molecule has 5 rings (SSSR count). The zero-order valence-electron chi connectivity index (χ0n) is 38.6. The van der Waals surface area contributed by atoms with Crippen LogP contribution in [0.5, 0.6) is 23.0 Å². The Bertz CT molecular complexity index is 1860. The second kappa shape index (κ2) is 32.5. The molecule has 6 N–H and O–H groups in total. The van der Waals surface area contributed by atoms with E-state index in [4.69, 9.17) is 84.3 Å². The lowest BCUT2D eigenvalue weighted by Gasteiger charge is -2.36. The molecule has 378 valence electrons. The zero-order valence-corrected chi connectivity index (χ0v) is 39.4. The molecule has 0 aromatic heterocycles. The summed E-state index contributed by atoms with van der Waals surface area (Å²) in [5, 5.41) is 26.8. The fourth-order valence-electron chi connectivity index (χ4n) is 6.80. The van der Waals surface area contributed by atoms with Gasteiger partial charge in [-0.3, -0.25) is 0 Å². The summed E-state index contributed by atoms with van der Waals surface area (Å²) in [4.78, 5) is 13.4. The second-order valence-electron chi connectivity index (χ2n) is 14.8. The van der Waals surface area contributed by atoms with Crippen LogP contribution in [0.3, 0.4) is 0 Å². The molecule has 0 fully saturated rings. The van der Waals surface area contributed by atoms with Gasteiger partial charge in [-0.2, -0.15) is 0 Å². The number of phenolic OH excluding ortho intramolecular Hbond substituents is 2. The predicted molar refractivity (Wildman–Crippen MR) is 251 cm³/mol. The molecule has 2 heterocycles. The average Bonchev–Trinajstić information content (AvgIpc) is 3.61. The molecule has 2 aliphatic rings. The Morgan fingerprint density at radius 3 is 1.24 bits per heavy atom. The van der Waals surface area contributed by atoms with Gasteiger partial charge in [-0.1, -0.05) is 6.07 Å². The topological polar surface area (TPSA) is 237 Å². The molecule has 0 saturated carbocycles. The van der Waals surface area contributed by atoms with Crippen LogP contribution < -0.4 is 21.1 Å². The highest BCUT2D eigenvalue weighted by atomic mass is 32.1. The summed E-state index contributed by atoms with van der Waals surface area (Å²) in [6.07, 6.45) is 0. The number of nitrogens with two attached hydrogens (primary N) is 1. The number of fused-ring (bicyclic) bond motifs is 6. The summed E-state index contributed by atoms with van der Waals surface area (Å²) in [6.45, 7) is 12.4. The molecule has 0 unspecified atom stereocenters. The van der Waals surface area contributed by atoms with E-state index < -0.39 is 11.6 Å². The number of carbonyl (C=O) groups is 1. The lowest BCUT2D eigenvalue weighted by molar-refractivity contribution is -0.0282. The van der Waals surface area contributed by atoms with E-state index in [0.717, 1.165) is 0 Å². The van der Waals surface area contributed by atoms with Crippen LogP contribution in [-0.2, 0) is 67.2 Å². The molecule has 0 aliphatic carbocycles. The normalized spacial score (nSPS) is 13.2. The van der Waals surface area contributed by atoms with Crippen LogP contribution in [-0.4, -0.2) is 193 Å². The Hall–Kier alpha value is -4.30. The Labute approximate surface area is 402 Å². The van der Waals surface area contributed by atoms with Gasteiger partial charge in [0, 0.05) is 47.6 Å². The second-order valence-corrected chi connectivity index (χ2v) is 15.2. The number of benzene rings is 3. The van der Waals surface area contributed by atoms with Gasteiger partial charge in [0.2, 0.25) is 0 Å². The van der Waals surface area contributed by atoms with Crippen molar-refractivity contribution in [3.63, 3.8) is 0 Å². The van der Waals surface area contributed by atoms with Crippen LogP contribution in [0.1, 0.15) is 27.0 Å². The molecule has 21 heteroatoms. The molecule has 68 heavy (non-hydrogen) atoms. The summed E-state index contributed by atoms with van der Waals surface area (Å²) in [5.41, 5.74) is 6.63. The summed E-state index contributed by atoms with van der Waals surface area (Å²) in [6, 6.07) is 14.5. The van der Waals surface area contributed by atoms with E-state index in [1.807, 2.05) is 0 Å². The molecule has 0 radical (unpaired) electrons. The predicted octanol–water partition coefficient (Wildman–Crippen LogP) is 3.11. The minimum Gasteiger partial charge on any atom is -0.508 e. The summed E-state index contributed by atoms with van der Waals surface area (Å²) in [5.74, 6) is 0.0583. The third-order valence-corrected chi connectivity index (χ3v) is 10.2. The SMILES string of the molecule is NCCOCCOCCOCCOCCOCCOCCOCCOCCOCCOCCOCCOCCNC(=S)Nc1ccc2c(c1)C(=O)OC21c2ccc(O)cc2Oc2cc(O)ccc21. The van der Waals surface area contributed by atoms with Crippen molar-refractivity contribution in [2.45, 2.75) is 5.60 Å². The Morgan fingerprint density at radius 1 is 0.500 bits per heavy atom. The molecular weight excluding hydrogens is 911 g/mol. The molecule has 20 nitrogen and oxygen atoms in total. The van der Waals surface area contributed by atoms with Gasteiger partial charge in [-0.25, -0.2) is 4.79 Å². The molecule has 0 atom stereocenters. The van der Waals surface area contributed by atoms with Gasteiger partial charge in [-0.05, 0) is 48.6 Å². The highest BCUT2D eigenvalue weighted by Crippen LogP contribution is 2.57. The number of esters is 1. The van der Waals surface area contributed by atoms with Crippen molar-refractivity contribution in [2.75, 3.05) is 177 Å². The number of anilines is 1. The van der Waals surface area contributed by atoms with E-state index in [1.54, 1.807) is 30.3 Å². The first-order chi connectivity index (χ1) is 33.4. The van der Waals surface area contributed by atoms with Crippen molar-refractivity contribution in [1.29, 1.82) is 0 Å². The lowest BCUT2D eigenvalue weighted by Crippen LogP contribution is -2.33. The number of rotatable bonds is 39. The largest absolute Gasteiger partial charge is 0.508 e. The van der Waals surface area contributed by atoms with Gasteiger partial charge in [0.25, 0.3) is 0 Å². The molecule has 0 amide bonds. The van der Waals surface area contributed by atoms with Crippen molar-refractivity contribution < 1.29 is 81.3 Å².